The Bertz CT molecular complexity index is 1530. The summed E-state index contributed by atoms with van der Waals surface area (Å²) in [6.45, 7) is 6.52. The average Bonchev–Trinajstić information content (AvgIpc) is 3.02. The lowest BCUT2D eigenvalue weighted by molar-refractivity contribution is -0.677. The third-order valence-corrected chi connectivity index (χ3v) is 7.52. The van der Waals surface area contributed by atoms with Gasteiger partial charge < -0.3 is 35.9 Å². The number of alkyl halides is 6. The van der Waals surface area contributed by atoms with Crippen molar-refractivity contribution >= 4 is 45.1 Å². The van der Waals surface area contributed by atoms with E-state index in [0.29, 0.717) is 5.92 Å². The molecule has 2 aromatic carbocycles. The van der Waals surface area contributed by atoms with Crippen molar-refractivity contribution in [2.24, 2.45) is 5.92 Å². The molecule has 0 fully saturated rings. The smallest absolute Gasteiger partial charge is 0.430 e. The van der Waals surface area contributed by atoms with Gasteiger partial charge in [-0.05, 0) is 37.3 Å². The lowest BCUT2D eigenvalue weighted by Crippen LogP contribution is -2.37. The highest BCUT2D eigenvalue weighted by atomic mass is 19.4. The number of nitrogens with zero attached hydrogens (tertiary/aromatic N) is 2. The van der Waals surface area contributed by atoms with Gasteiger partial charge >= 0.3 is 12.4 Å². The minimum atomic E-state index is -5.19. The van der Waals surface area contributed by atoms with Gasteiger partial charge in [0.05, 0.1) is 22.1 Å². The molecule has 4 heterocycles. The first-order chi connectivity index (χ1) is 22.2. The van der Waals surface area contributed by atoms with Gasteiger partial charge in [-0.3, -0.25) is 0 Å². The van der Waals surface area contributed by atoms with Crippen molar-refractivity contribution in [1.29, 1.82) is 0 Å². The van der Waals surface area contributed by atoms with E-state index < -0.39 is 24.3 Å². The molecule has 2 aliphatic rings. The fourth-order valence-corrected chi connectivity index (χ4v) is 5.01. The van der Waals surface area contributed by atoms with Crippen molar-refractivity contribution < 1.29 is 60.8 Å². The second-order valence-electron chi connectivity index (χ2n) is 11.0. The van der Waals surface area contributed by atoms with Crippen LogP contribution < -0.4 is 30.0 Å². The van der Waals surface area contributed by atoms with E-state index in [1.165, 1.54) is 65.3 Å². The van der Waals surface area contributed by atoms with E-state index in [1.54, 1.807) is 0 Å². The molecule has 0 saturated heterocycles. The maximum atomic E-state index is 10.5. The SMILES string of the molecule is CC1CC[n+]2ccc(c3ccccc32)NCCCCCNc2cc[n+](c3ccccc23)CC1.O.O=C([O-])C(F)(F)F.O=C([O-])C(F)(F)F. The van der Waals surface area contributed by atoms with E-state index in [1.807, 2.05) is 0 Å². The molecule has 0 amide bonds. The molecule has 4 bridgehead atoms. The molecule has 0 radical (unpaired) electrons. The van der Waals surface area contributed by atoms with Crippen LogP contribution >= 0.6 is 0 Å². The highest BCUT2D eigenvalue weighted by molar-refractivity contribution is 5.89. The van der Waals surface area contributed by atoms with Crippen LogP contribution in [-0.4, -0.2) is 42.9 Å². The lowest BCUT2D eigenvalue weighted by Gasteiger charge is -2.13. The number of nitrogens with one attached hydrogen (secondary N) is 2. The summed E-state index contributed by atoms with van der Waals surface area (Å²) in [7, 11) is 0. The summed E-state index contributed by atoms with van der Waals surface area (Å²) >= 11 is 0. The number of pyridine rings is 2. The number of halogens is 6. The first kappa shape index (κ1) is 39.5. The Kier molecular flexibility index (Phi) is 14.8. The van der Waals surface area contributed by atoms with Crippen LogP contribution in [0.15, 0.2) is 73.1 Å². The van der Waals surface area contributed by atoms with E-state index in [0.717, 1.165) is 26.2 Å². The van der Waals surface area contributed by atoms with Gasteiger partial charge in [0.2, 0.25) is 11.0 Å². The quantitative estimate of drug-likeness (QED) is 0.215. The van der Waals surface area contributed by atoms with E-state index in [4.69, 9.17) is 19.8 Å². The molecule has 6 rings (SSSR count). The number of carboxylic acid groups (broad SMARTS) is 2. The zero-order valence-electron chi connectivity index (χ0n) is 26.2. The van der Waals surface area contributed by atoms with Crippen molar-refractivity contribution in [2.75, 3.05) is 23.7 Å². The maximum Gasteiger partial charge on any atom is 0.430 e. The predicted molar refractivity (Wildman–Crippen MR) is 163 cm³/mol. The standard InChI is InChI=1S/C29H34N4.2C2HF3O2.H2O/c1-23-13-19-32-21-15-26(24-9-3-5-11-28(24)32)30-17-7-2-8-18-31-27-16-22-33(20-14-23)29-12-6-4-10-25(27)29;2*3-2(4,5)1(6)7;/h3-6,9-12,15-16,21-23H,2,7-8,13-14,17-20H2,1H3;2*(H,6,7);1H2. The number of aryl methyl sites for hydroxylation is 2. The Morgan fingerprint density at radius 2 is 1.02 bits per heavy atom. The van der Waals surface area contributed by atoms with Crippen molar-refractivity contribution in [2.45, 2.75) is 64.5 Å². The van der Waals surface area contributed by atoms with Gasteiger partial charge in [-0.1, -0.05) is 31.2 Å². The number of hydrogen-bond acceptors (Lipinski definition) is 6. The molecule has 0 aliphatic carbocycles. The Morgan fingerprint density at radius 3 is 1.38 bits per heavy atom. The molecule has 48 heavy (non-hydrogen) atoms. The number of carboxylic acids is 2. The van der Waals surface area contributed by atoms with Crippen molar-refractivity contribution in [3.63, 3.8) is 0 Å². The number of fused-ring (bicyclic) bond motifs is 12. The molecular weight excluding hydrogens is 646 g/mol. The summed E-state index contributed by atoms with van der Waals surface area (Å²) in [5, 5.41) is 27.6. The fourth-order valence-electron chi connectivity index (χ4n) is 5.01. The highest BCUT2D eigenvalue weighted by Gasteiger charge is 2.29. The number of carbonyl (C=O) groups is 2. The molecule has 4 aromatic rings. The Balaban J connectivity index is 0.000000451. The number of anilines is 2. The van der Waals surface area contributed by atoms with Crippen LogP contribution in [0, 0.1) is 5.92 Å². The van der Waals surface area contributed by atoms with E-state index in [9.17, 15) is 26.3 Å². The Labute approximate surface area is 273 Å². The summed E-state index contributed by atoms with van der Waals surface area (Å²) < 4.78 is 68.0. The van der Waals surface area contributed by atoms with Gasteiger partial charge in [-0.2, -0.15) is 35.5 Å². The van der Waals surface area contributed by atoms with Crippen LogP contribution in [0.5, 0.6) is 0 Å². The second kappa shape index (κ2) is 18.0. The molecule has 0 spiro atoms. The van der Waals surface area contributed by atoms with Gasteiger partial charge in [-0.25, -0.2) is 0 Å². The van der Waals surface area contributed by atoms with Crippen molar-refractivity contribution in [3.05, 3.63) is 73.1 Å². The summed E-state index contributed by atoms with van der Waals surface area (Å²) in [6, 6.07) is 22.1. The second-order valence-corrected chi connectivity index (χ2v) is 11.0. The summed E-state index contributed by atoms with van der Waals surface area (Å²) in [5.74, 6) is -5.36. The first-order valence-corrected chi connectivity index (χ1v) is 15.0. The first-order valence-electron chi connectivity index (χ1n) is 15.0. The normalized spacial score (nSPS) is 14.6. The van der Waals surface area contributed by atoms with Gasteiger partial charge in [0.1, 0.15) is 25.0 Å². The molecule has 4 N–H and O–H groups in total. The van der Waals surface area contributed by atoms with Gasteiger partial charge in [-0.15, -0.1) is 0 Å². The largest absolute Gasteiger partial charge is 0.542 e. The van der Waals surface area contributed by atoms with Crippen LogP contribution in [0.4, 0.5) is 37.7 Å². The monoisotopic (exact) mass is 684 g/mol. The summed E-state index contributed by atoms with van der Waals surface area (Å²) in [4.78, 5) is 17.6. The van der Waals surface area contributed by atoms with Gasteiger partial charge in [0.25, 0.3) is 0 Å². The topological polar surface area (TPSA) is 144 Å². The molecule has 0 atom stereocenters. The molecule has 15 heteroatoms. The molecule has 0 saturated carbocycles. The van der Waals surface area contributed by atoms with Crippen LogP contribution in [0.25, 0.3) is 21.8 Å². The van der Waals surface area contributed by atoms with Gasteiger partial charge in [0, 0.05) is 50.2 Å². The number of rotatable bonds is 0. The van der Waals surface area contributed by atoms with Crippen molar-refractivity contribution in [3.8, 4) is 0 Å². The summed E-state index contributed by atoms with van der Waals surface area (Å²) in [5.41, 5.74) is 5.16. The minimum absolute atomic E-state index is 0. The summed E-state index contributed by atoms with van der Waals surface area (Å²) in [6.07, 6.45) is 0.0731. The van der Waals surface area contributed by atoms with Crippen LogP contribution in [0.1, 0.15) is 39.0 Å². The number of carbonyl (C=O) groups excluding carboxylic acids is 2. The zero-order chi connectivity index (χ0) is 34.6. The Hall–Kier alpha value is -4.66. The van der Waals surface area contributed by atoms with Crippen molar-refractivity contribution in [1.82, 2.24) is 0 Å². The van der Waals surface area contributed by atoms with E-state index in [2.05, 4.69) is 99.7 Å². The molecule has 262 valence electrons. The van der Waals surface area contributed by atoms with E-state index in [-0.39, 0.29) is 5.48 Å². The highest BCUT2D eigenvalue weighted by Crippen LogP contribution is 2.23. The minimum Gasteiger partial charge on any atom is -0.542 e. The third-order valence-electron chi connectivity index (χ3n) is 7.52. The number of para-hydroxylation sites is 2. The van der Waals surface area contributed by atoms with E-state index >= 15 is 0 Å². The molecule has 0 unspecified atom stereocenters. The zero-order valence-corrected chi connectivity index (χ0v) is 26.2. The third kappa shape index (κ3) is 11.9. The van der Waals surface area contributed by atoms with Crippen LogP contribution in [-0.2, 0) is 22.7 Å². The fraction of sp³-hybridized carbons (Fsp3) is 0.394. The number of aromatic nitrogens is 2. The Morgan fingerprint density at radius 1 is 0.667 bits per heavy atom. The molecule has 2 aromatic heterocycles. The maximum absolute atomic E-state index is 10.5. The number of aliphatic carboxylic acids is 2. The van der Waals surface area contributed by atoms with Crippen LogP contribution in [0.2, 0.25) is 0 Å². The predicted octanol–water partition coefficient (Wildman–Crippen LogP) is 3.46. The average molecular weight is 685 g/mol. The molecule has 2 aliphatic heterocycles. The van der Waals surface area contributed by atoms with Gasteiger partial charge in [0.15, 0.2) is 12.4 Å². The molecule has 9 nitrogen and oxygen atoms in total. The van der Waals surface area contributed by atoms with Crippen LogP contribution in [0.3, 0.4) is 0 Å². The molecular formula is C33H38F6N4O5. The number of benzene rings is 2. The lowest BCUT2D eigenvalue weighted by atomic mass is 10.0. The number of hydrogen-bond donors (Lipinski definition) is 2.